The van der Waals surface area contributed by atoms with E-state index >= 15 is 0 Å². The summed E-state index contributed by atoms with van der Waals surface area (Å²) in [6.07, 6.45) is 0. The molecule has 3 aromatic carbocycles. The fourth-order valence-corrected chi connectivity index (χ4v) is 2.65. The predicted molar refractivity (Wildman–Crippen MR) is 99.5 cm³/mol. The lowest BCUT2D eigenvalue weighted by Gasteiger charge is -2.07. The number of hydrogen-bond donors (Lipinski definition) is 1. The van der Waals surface area contributed by atoms with Crippen LogP contribution in [0.3, 0.4) is 0 Å². The van der Waals surface area contributed by atoms with Gasteiger partial charge in [0.05, 0.1) is 5.71 Å². The monoisotopic (exact) mass is 316 g/mol. The first-order chi connectivity index (χ1) is 11.6. The van der Waals surface area contributed by atoms with E-state index in [2.05, 4.69) is 36.5 Å². The first kappa shape index (κ1) is 15.9. The largest absolute Gasteiger partial charge is 0.272 e. The highest BCUT2D eigenvalue weighted by molar-refractivity contribution is 6.08. The summed E-state index contributed by atoms with van der Waals surface area (Å²) in [6, 6.07) is 19.7. The maximum absolute atomic E-state index is 12.5. The maximum atomic E-state index is 12.5. The van der Waals surface area contributed by atoms with Gasteiger partial charge >= 0.3 is 0 Å². The van der Waals surface area contributed by atoms with Crippen molar-refractivity contribution in [2.24, 2.45) is 5.10 Å². The van der Waals surface area contributed by atoms with Gasteiger partial charge in [-0.1, -0.05) is 48.5 Å². The first-order valence-corrected chi connectivity index (χ1v) is 7.96. The number of hydrazone groups is 1. The Labute approximate surface area is 142 Å². The van der Waals surface area contributed by atoms with Gasteiger partial charge in [-0.25, -0.2) is 5.43 Å². The summed E-state index contributed by atoms with van der Waals surface area (Å²) in [4.78, 5) is 12.5. The Morgan fingerprint density at radius 2 is 1.67 bits per heavy atom. The van der Waals surface area contributed by atoms with Crippen molar-refractivity contribution in [1.29, 1.82) is 0 Å². The zero-order valence-electron chi connectivity index (χ0n) is 14.1. The topological polar surface area (TPSA) is 41.5 Å². The van der Waals surface area contributed by atoms with Crippen LogP contribution in [0.2, 0.25) is 0 Å². The molecule has 1 N–H and O–H groups in total. The Bertz CT molecular complexity index is 936. The minimum Gasteiger partial charge on any atom is -0.267 e. The molecule has 0 spiro atoms. The molecule has 24 heavy (non-hydrogen) atoms. The molecule has 0 saturated heterocycles. The lowest BCUT2D eigenvalue weighted by molar-refractivity contribution is 0.0956. The Balaban J connectivity index is 1.85. The zero-order chi connectivity index (χ0) is 17.1. The third-order valence-electron chi connectivity index (χ3n) is 4.28. The van der Waals surface area contributed by atoms with Gasteiger partial charge in [0.1, 0.15) is 0 Å². The standard InChI is InChI=1S/C21H20N2O/c1-14-11-12-18(13-15(14)2)16(3)22-23-21(24)20-10-6-8-17-7-4-5-9-19(17)20/h4-13H,1-3H3,(H,23,24)/b22-16+. The summed E-state index contributed by atoms with van der Waals surface area (Å²) in [6.45, 7) is 6.04. The normalized spacial score (nSPS) is 11.5. The van der Waals surface area contributed by atoms with Crippen molar-refractivity contribution in [1.82, 2.24) is 5.43 Å². The van der Waals surface area contributed by atoms with Gasteiger partial charge in [0.15, 0.2) is 0 Å². The minimum atomic E-state index is -0.199. The zero-order valence-corrected chi connectivity index (χ0v) is 14.1. The van der Waals surface area contributed by atoms with Gasteiger partial charge in [-0.05, 0) is 60.4 Å². The van der Waals surface area contributed by atoms with Crippen LogP contribution in [0, 0.1) is 13.8 Å². The van der Waals surface area contributed by atoms with Crippen molar-refractivity contribution in [2.75, 3.05) is 0 Å². The van der Waals surface area contributed by atoms with Crippen LogP contribution in [0.4, 0.5) is 0 Å². The summed E-state index contributed by atoms with van der Waals surface area (Å²) < 4.78 is 0. The number of nitrogens with one attached hydrogen (secondary N) is 1. The average molecular weight is 316 g/mol. The Morgan fingerprint density at radius 1 is 0.917 bits per heavy atom. The van der Waals surface area contributed by atoms with Crippen LogP contribution in [0.15, 0.2) is 65.8 Å². The van der Waals surface area contributed by atoms with Crippen molar-refractivity contribution in [3.63, 3.8) is 0 Å². The summed E-state index contributed by atoms with van der Waals surface area (Å²) in [5, 5.41) is 6.23. The highest BCUT2D eigenvalue weighted by Crippen LogP contribution is 2.18. The Kier molecular flexibility index (Phi) is 4.43. The molecule has 0 atom stereocenters. The van der Waals surface area contributed by atoms with Gasteiger partial charge in [0.25, 0.3) is 5.91 Å². The lowest BCUT2D eigenvalue weighted by atomic mass is 10.0. The van der Waals surface area contributed by atoms with E-state index in [0.717, 1.165) is 22.0 Å². The lowest BCUT2D eigenvalue weighted by Crippen LogP contribution is -2.19. The molecule has 1 amide bonds. The molecule has 3 heteroatoms. The van der Waals surface area contributed by atoms with E-state index in [0.29, 0.717) is 5.56 Å². The second-order valence-electron chi connectivity index (χ2n) is 5.96. The molecule has 3 aromatic rings. The number of carbonyl (C=O) groups is 1. The van der Waals surface area contributed by atoms with Crippen LogP contribution in [-0.2, 0) is 0 Å². The summed E-state index contributed by atoms with van der Waals surface area (Å²) in [5.41, 5.74) is 7.55. The molecule has 0 fully saturated rings. The number of benzene rings is 3. The van der Waals surface area contributed by atoms with Crippen molar-refractivity contribution in [3.8, 4) is 0 Å². The molecule has 120 valence electrons. The van der Waals surface area contributed by atoms with Crippen LogP contribution in [0.25, 0.3) is 10.8 Å². The highest BCUT2D eigenvalue weighted by atomic mass is 16.2. The second kappa shape index (κ2) is 6.67. The smallest absolute Gasteiger partial charge is 0.267 e. The number of fused-ring (bicyclic) bond motifs is 1. The van der Waals surface area contributed by atoms with E-state index in [4.69, 9.17) is 0 Å². The Hall–Kier alpha value is -2.94. The number of carbonyl (C=O) groups excluding carboxylic acids is 1. The van der Waals surface area contributed by atoms with E-state index in [1.54, 1.807) is 0 Å². The van der Waals surface area contributed by atoms with Gasteiger partial charge in [-0.15, -0.1) is 0 Å². The molecular formula is C21H20N2O. The van der Waals surface area contributed by atoms with Crippen molar-refractivity contribution in [2.45, 2.75) is 20.8 Å². The number of hydrogen-bond acceptors (Lipinski definition) is 2. The molecule has 3 rings (SSSR count). The Morgan fingerprint density at radius 3 is 2.46 bits per heavy atom. The number of nitrogens with zero attached hydrogens (tertiary/aromatic N) is 1. The molecule has 0 bridgehead atoms. The van der Waals surface area contributed by atoms with Crippen molar-refractivity contribution in [3.05, 3.63) is 82.9 Å². The second-order valence-corrected chi connectivity index (χ2v) is 5.96. The van der Waals surface area contributed by atoms with Crippen LogP contribution in [0.5, 0.6) is 0 Å². The molecule has 0 aromatic heterocycles. The molecule has 0 heterocycles. The van der Waals surface area contributed by atoms with Gasteiger partial charge in [0, 0.05) is 5.56 Å². The summed E-state index contributed by atoms with van der Waals surface area (Å²) in [5.74, 6) is -0.199. The van der Waals surface area contributed by atoms with Crippen LogP contribution in [0.1, 0.15) is 34.0 Å². The first-order valence-electron chi connectivity index (χ1n) is 7.96. The highest BCUT2D eigenvalue weighted by Gasteiger charge is 2.09. The molecule has 3 nitrogen and oxygen atoms in total. The predicted octanol–water partition coefficient (Wildman–Crippen LogP) is 4.61. The van der Waals surface area contributed by atoms with Gasteiger partial charge < -0.3 is 0 Å². The molecule has 0 radical (unpaired) electrons. The van der Waals surface area contributed by atoms with Crippen LogP contribution >= 0.6 is 0 Å². The third-order valence-corrected chi connectivity index (χ3v) is 4.28. The van der Waals surface area contributed by atoms with Crippen LogP contribution < -0.4 is 5.43 Å². The molecule has 0 unspecified atom stereocenters. The van der Waals surface area contributed by atoms with Crippen molar-refractivity contribution < 1.29 is 4.79 Å². The number of aryl methyl sites for hydroxylation is 2. The molecule has 0 aliphatic carbocycles. The molecule has 0 saturated carbocycles. The minimum absolute atomic E-state index is 0.199. The molecular weight excluding hydrogens is 296 g/mol. The van der Waals surface area contributed by atoms with E-state index in [-0.39, 0.29) is 5.91 Å². The van der Waals surface area contributed by atoms with E-state index in [1.165, 1.54) is 11.1 Å². The van der Waals surface area contributed by atoms with Gasteiger partial charge in [0.2, 0.25) is 0 Å². The summed E-state index contributed by atoms with van der Waals surface area (Å²) >= 11 is 0. The molecule has 0 aliphatic rings. The fourth-order valence-electron chi connectivity index (χ4n) is 2.65. The average Bonchev–Trinajstić information content (AvgIpc) is 2.61. The number of rotatable bonds is 3. The van der Waals surface area contributed by atoms with Crippen LogP contribution in [-0.4, -0.2) is 11.6 Å². The van der Waals surface area contributed by atoms with E-state index in [1.807, 2.05) is 55.5 Å². The van der Waals surface area contributed by atoms with Gasteiger partial charge in [-0.2, -0.15) is 5.10 Å². The fraction of sp³-hybridized carbons (Fsp3) is 0.143. The van der Waals surface area contributed by atoms with E-state index < -0.39 is 0 Å². The maximum Gasteiger partial charge on any atom is 0.272 e. The summed E-state index contributed by atoms with van der Waals surface area (Å²) in [7, 11) is 0. The third kappa shape index (κ3) is 3.20. The number of amides is 1. The van der Waals surface area contributed by atoms with E-state index in [9.17, 15) is 4.79 Å². The van der Waals surface area contributed by atoms with Crippen molar-refractivity contribution >= 4 is 22.4 Å². The SMILES string of the molecule is C/C(=N\NC(=O)c1cccc2ccccc12)c1ccc(C)c(C)c1. The van der Waals surface area contributed by atoms with Gasteiger partial charge in [-0.3, -0.25) is 4.79 Å². The quantitative estimate of drug-likeness (QED) is 0.556. The molecule has 0 aliphatic heterocycles.